The van der Waals surface area contributed by atoms with Gasteiger partial charge in [0.15, 0.2) is 0 Å². The highest BCUT2D eigenvalue weighted by Crippen LogP contribution is 2.26. The smallest absolute Gasteiger partial charge is 0.123 e. The molecule has 0 aliphatic heterocycles. The van der Waals surface area contributed by atoms with Gasteiger partial charge < -0.3 is 20.3 Å². The van der Waals surface area contributed by atoms with Crippen LogP contribution >= 0.6 is 0 Å². The fourth-order valence-electron chi connectivity index (χ4n) is 2.47. The van der Waals surface area contributed by atoms with Crippen LogP contribution in [-0.2, 0) is 6.54 Å². The van der Waals surface area contributed by atoms with E-state index in [1.165, 1.54) is 0 Å². The van der Waals surface area contributed by atoms with Gasteiger partial charge in [0.25, 0.3) is 0 Å². The Kier molecular flexibility index (Phi) is 4.44. The summed E-state index contributed by atoms with van der Waals surface area (Å²) in [5, 5.41) is 22.6. The van der Waals surface area contributed by atoms with E-state index in [9.17, 15) is 10.2 Å². The van der Waals surface area contributed by atoms with Crippen molar-refractivity contribution in [2.45, 2.75) is 31.9 Å². The van der Waals surface area contributed by atoms with Crippen LogP contribution in [-0.4, -0.2) is 30.0 Å². The molecule has 0 bridgehead atoms. The van der Waals surface area contributed by atoms with Crippen LogP contribution in [0.2, 0.25) is 0 Å². The molecular weight excluding hydrogens is 230 g/mol. The zero-order valence-electron chi connectivity index (χ0n) is 10.7. The number of aliphatic hydroxyl groups excluding tert-OH is 1. The predicted octanol–water partition coefficient (Wildman–Crippen LogP) is 1.65. The highest BCUT2D eigenvalue weighted by Gasteiger charge is 2.22. The molecule has 0 spiro atoms. The molecule has 4 nitrogen and oxygen atoms in total. The Labute approximate surface area is 108 Å². The molecule has 1 saturated carbocycles. The highest BCUT2D eigenvalue weighted by molar-refractivity contribution is 5.39. The first-order valence-corrected chi connectivity index (χ1v) is 6.43. The summed E-state index contributed by atoms with van der Waals surface area (Å²) in [7, 11) is 1.58. The number of rotatable bonds is 5. The summed E-state index contributed by atoms with van der Waals surface area (Å²) in [5.41, 5.74) is 0.870. The second-order valence-electron chi connectivity index (χ2n) is 4.96. The Bertz CT molecular complexity index is 395. The fourth-order valence-corrected chi connectivity index (χ4v) is 2.47. The quantitative estimate of drug-likeness (QED) is 0.744. The van der Waals surface area contributed by atoms with Gasteiger partial charge in [0, 0.05) is 18.2 Å². The number of phenols is 1. The maximum Gasteiger partial charge on any atom is 0.123 e. The lowest BCUT2D eigenvalue weighted by molar-refractivity contribution is 0.177. The van der Waals surface area contributed by atoms with Crippen LogP contribution in [0.15, 0.2) is 18.2 Å². The van der Waals surface area contributed by atoms with Crippen LogP contribution < -0.4 is 10.1 Å². The van der Waals surface area contributed by atoms with Crippen molar-refractivity contribution in [1.29, 1.82) is 0 Å². The minimum absolute atomic E-state index is 0.119. The predicted molar refractivity (Wildman–Crippen MR) is 69.7 cm³/mol. The van der Waals surface area contributed by atoms with Crippen LogP contribution in [0, 0.1) is 5.92 Å². The van der Waals surface area contributed by atoms with Gasteiger partial charge in [0.1, 0.15) is 11.5 Å². The third-order valence-corrected chi connectivity index (χ3v) is 3.55. The van der Waals surface area contributed by atoms with E-state index in [1.807, 2.05) is 12.1 Å². The SMILES string of the molecule is COc1ccc(CNCC2CCC(O)C2)c(O)c1. The molecule has 1 fully saturated rings. The molecule has 0 amide bonds. The summed E-state index contributed by atoms with van der Waals surface area (Å²) in [6.45, 7) is 1.53. The van der Waals surface area contributed by atoms with E-state index in [1.54, 1.807) is 13.2 Å². The van der Waals surface area contributed by atoms with Gasteiger partial charge in [-0.05, 0) is 37.8 Å². The van der Waals surface area contributed by atoms with Gasteiger partial charge in [-0.25, -0.2) is 0 Å². The van der Waals surface area contributed by atoms with Crippen LogP contribution in [0.1, 0.15) is 24.8 Å². The zero-order valence-corrected chi connectivity index (χ0v) is 10.7. The molecule has 1 aliphatic carbocycles. The van der Waals surface area contributed by atoms with Crippen molar-refractivity contribution in [1.82, 2.24) is 5.32 Å². The Morgan fingerprint density at radius 2 is 2.22 bits per heavy atom. The minimum Gasteiger partial charge on any atom is -0.507 e. The summed E-state index contributed by atoms with van der Waals surface area (Å²) < 4.78 is 5.04. The van der Waals surface area contributed by atoms with E-state index in [0.717, 1.165) is 31.4 Å². The van der Waals surface area contributed by atoms with E-state index in [-0.39, 0.29) is 11.9 Å². The molecule has 1 aromatic rings. The number of hydrogen-bond donors (Lipinski definition) is 3. The molecule has 2 atom stereocenters. The summed E-state index contributed by atoms with van der Waals surface area (Å²) in [6.07, 6.45) is 2.77. The molecule has 3 N–H and O–H groups in total. The molecule has 0 radical (unpaired) electrons. The molecule has 0 saturated heterocycles. The molecule has 1 aliphatic rings. The normalized spacial score (nSPS) is 23.2. The molecule has 0 aromatic heterocycles. The number of benzene rings is 1. The maximum atomic E-state index is 9.80. The average molecular weight is 251 g/mol. The summed E-state index contributed by atoms with van der Waals surface area (Å²) in [6, 6.07) is 5.33. The van der Waals surface area contributed by atoms with Crippen LogP contribution in [0.3, 0.4) is 0 Å². The standard InChI is InChI=1S/C14H21NO3/c1-18-13-5-3-11(14(17)7-13)9-15-8-10-2-4-12(16)6-10/h3,5,7,10,12,15-17H,2,4,6,8-9H2,1H3. The van der Waals surface area contributed by atoms with E-state index in [4.69, 9.17) is 4.74 Å². The lowest BCUT2D eigenvalue weighted by Crippen LogP contribution is -2.21. The number of phenolic OH excluding ortho intramolecular Hbond substituents is 1. The zero-order chi connectivity index (χ0) is 13.0. The van der Waals surface area contributed by atoms with Gasteiger partial charge in [0.05, 0.1) is 13.2 Å². The monoisotopic (exact) mass is 251 g/mol. The molecule has 18 heavy (non-hydrogen) atoms. The van der Waals surface area contributed by atoms with Crippen molar-refractivity contribution in [2.24, 2.45) is 5.92 Å². The Balaban J connectivity index is 1.79. The van der Waals surface area contributed by atoms with E-state index in [0.29, 0.717) is 18.2 Å². The van der Waals surface area contributed by atoms with Gasteiger partial charge >= 0.3 is 0 Å². The second kappa shape index (κ2) is 6.07. The summed E-state index contributed by atoms with van der Waals surface area (Å²) >= 11 is 0. The lowest BCUT2D eigenvalue weighted by atomic mass is 10.1. The lowest BCUT2D eigenvalue weighted by Gasteiger charge is -2.12. The number of nitrogens with one attached hydrogen (secondary N) is 1. The molecule has 2 unspecified atom stereocenters. The highest BCUT2D eigenvalue weighted by atomic mass is 16.5. The van der Waals surface area contributed by atoms with Crippen molar-refractivity contribution in [3.8, 4) is 11.5 Å². The molecule has 1 aromatic carbocycles. The largest absolute Gasteiger partial charge is 0.507 e. The first-order chi connectivity index (χ1) is 8.69. The van der Waals surface area contributed by atoms with Crippen LogP contribution in [0.4, 0.5) is 0 Å². The van der Waals surface area contributed by atoms with Crippen molar-refractivity contribution in [3.05, 3.63) is 23.8 Å². The third-order valence-electron chi connectivity index (χ3n) is 3.55. The number of hydrogen-bond acceptors (Lipinski definition) is 4. The number of ether oxygens (including phenoxy) is 1. The second-order valence-corrected chi connectivity index (χ2v) is 4.96. The fraction of sp³-hybridized carbons (Fsp3) is 0.571. The summed E-state index contributed by atoms with van der Waals surface area (Å²) in [5.74, 6) is 1.48. The molecule has 0 heterocycles. The van der Waals surface area contributed by atoms with Crippen molar-refractivity contribution < 1.29 is 14.9 Å². The third kappa shape index (κ3) is 3.37. The van der Waals surface area contributed by atoms with Crippen molar-refractivity contribution in [3.63, 3.8) is 0 Å². The molecular formula is C14H21NO3. The van der Waals surface area contributed by atoms with Gasteiger partial charge in [-0.15, -0.1) is 0 Å². The topological polar surface area (TPSA) is 61.7 Å². The Morgan fingerprint density at radius 3 is 2.83 bits per heavy atom. The number of methoxy groups -OCH3 is 1. The molecule has 100 valence electrons. The van der Waals surface area contributed by atoms with E-state index in [2.05, 4.69) is 5.32 Å². The van der Waals surface area contributed by atoms with Crippen LogP contribution in [0.25, 0.3) is 0 Å². The number of aliphatic hydroxyl groups is 1. The summed E-state index contributed by atoms with van der Waals surface area (Å²) in [4.78, 5) is 0. The van der Waals surface area contributed by atoms with E-state index < -0.39 is 0 Å². The maximum absolute atomic E-state index is 9.80. The number of aromatic hydroxyl groups is 1. The van der Waals surface area contributed by atoms with Gasteiger partial charge in [0.2, 0.25) is 0 Å². The van der Waals surface area contributed by atoms with Gasteiger partial charge in [-0.1, -0.05) is 6.07 Å². The first-order valence-electron chi connectivity index (χ1n) is 6.43. The average Bonchev–Trinajstić information content (AvgIpc) is 2.77. The van der Waals surface area contributed by atoms with E-state index >= 15 is 0 Å². The minimum atomic E-state index is -0.119. The Morgan fingerprint density at radius 1 is 1.39 bits per heavy atom. The molecule has 4 heteroatoms. The van der Waals surface area contributed by atoms with Crippen molar-refractivity contribution in [2.75, 3.05) is 13.7 Å². The first kappa shape index (κ1) is 13.2. The van der Waals surface area contributed by atoms with Gasteiger partial charge in [-0.2, -0.15) is 0 Å². The molecule has 2 rings (SSSR count). The van der Waals surface area contributed by atoms with Gasteiger partial charge in [-0.3, -0.25) is 0 Å². The van der Waals surface area contributed by atoms with Crippen LogP contribution in [0.5, 0.6) is 11.5 Å². The van der Waals surface area contributed by atoms with Crippen molar-refractivity contribution >= 4 is 0 Å². The Hall–Kier alpha value is -1.26.